The Kier molecular flexibility index (Phi) is 6.25. The Morgan fingerprint density at radius 2 is 0.694 bits per heavy atom. The molecule has 1 heteroatoms. The first kappa shape index (κ1) is 27.7. The highest BCUT2D eigenvalue weighted by molar-refractivity contribution is 6.25. The maximum atomic E-state index is 6.62. The maximum Gasteiger partial charge on any atom is 0.143 e. The van der Waals surface area contributed by atoms with E-state index in [4.69, 9.17) is 4.42 Å². The summed E-state index contributed by atoms with van der Waals surface area (Å²) >= 11 is 0. The van der Waals surface area contributed by atoms with Gasteiger partial charge in [0.1, 0.15) is 11.2 Å². The molecule has 49 heavy (non-hydrogen) atoms. The van der Waals surface area contributed by atoms with Crippen molar-refractivity contribution in [1.29, 1.82) is 0 Å². The summed E-state index contributed by atoms with van der Waals surface area (Å²) in [5, 5.41) is 9.99. The van der Waals surface area contributed by atoms with Gasteiger partial charge in [-0.1, -0.05) is 158 Å². The number of hydrogen-bond acceptors (Lipinski definition) is 1. The van der Waals surface area contributed by atoms with Crippen molar-refractivity contribution in [3.05, 3.63) is 182 Å². The second-order valence-corrected chi connectivity index (χ2v) is 12.9. The summed E-state index contributed by atoms with van der Waals surface area (Å²) in [5.41, 5.74) is 11.3. The van der Waals surface area contributed by atoms with E-state index in [1.54, 1.807) is 0 Å². The Balaban J connectivity index is 1.06. The summed E-state index contributed by atoms with van der Waals surface area (Å²) < 4.78 is 6.62. The molecule has 10 rings (SSSR count). The lowest BCUT2D eigenvalue weighted by Gasteiger charge is -2.12. The van der Waals surface area contributed by atoms with E-state index >= 15 is 0 Å². The topological polar surface area (TPSA) is 13.1 Å². The van der Waals surface area contributed by atoms with Crippen LogP contribution < -0.4 is 0 Å². The Labute approximate surface area is 284 Å². The molecule has 1 nitrogen and oxygen atoms in total. The van der Waals surface area contributed by atoms with Gasteiger partial charge in [0.2, 0.25) is 0 Å². The molecule has 0 spiro atoms. The van der Waals surface area contributed by atoms with Gasteiger partial charge in [0.15, 0.2) is 0 Å². The van der Waals surface area contributed by atoms with Gasteiger partial charge in [-0.05, 0) is 95.5 Å². The van der Waals surface area contributed by atoms with Gasteiger partial charge in [0.25, 0.3) is 0 Å². The van der Waals surface area contributed by atoms with Gasteiger partial charge in [-0.15, -0.1) is 0 Å². The van der Waals surface area contributed by atoms with E-state index in [-0.39, 0.29) is 0 Å². The van der Waals surface area contributed by atoms with Crippen LogP contribution in [0.4, 0.5) is 0 Å². The summed E-state index contributed by atoms with van der Waals surface area (Å²) in [7, 11) is 0. The van der Waals surface area contributed by atoms with Crippen molar-refractivity contribution in [2.24, 2.45) is 0 Å². The SMILES string of the molecule is c1ccc(-c2ccc(-c3cccc(-c4cccc5c4oc4ccc(-c6ccc7c8ccccc8c8ccccc8c7c6)cc45)c3)cc2)cc1. The van der Waals surface area contributed by atoms with Crippen molar-refractivity contribution in [3.63, 3.8) is 0 Å². The van der Waals surface area contributed by atoms with E-state index < -0.39 is 0 Å². The first-order chi connectivity index (χ1) is 24.3. The molecule has 0 saturated heterocycles. The van der Waals surface area contributed by atoms with Gasteiger partial charge in [-0.3, -0.25) is 0 Å². The van der Waals surface area contributed by atoms with Crippen molar-refractivity contribution in [3.8, 4) is 44.5 Å². The van der Waals surface area contributed by atoms with Crippen molar-refractivity contribution < 1.29 is 4.42 Å². The minimum Gasteiger partial charge on any atom is -0.455 e. The number of rotatable bonds is 4. The largest absolute Gasteiger partial charge is 0.455 e. The molecule has 0 atom stereocenters. The number of furan rings is 1. The third-order valence-electron chi connectivity index (χ3n) is 10.1. The van der Waals surface area contributed by atoms with Gasteiger partial charge in [0, 0.05) is 16.3 Å². The quantitative estimate of drug-likeness (QED) is 0.178. The standard InChI is InChI=1S/C48H30O/c1-2-10-31(11-3-1)32-20-22-33(23-21-32)34-12-8-13-37(28-34)38-18-9-19-44-46-30-36(25-27-47(46)49-48(38)44)35-24-26-43-41-16-5-4-14-39(41)40-15-6-7-17-42(40)45(43)29-35/h1-30H. The lowest BCUT2D eigenvalue weighted by molar-refractivity contribution is 0.670. The molecule has 228 valence electrons. The average Bonchev–Trinajstić information content (AvgIpc) is 3.56. The molecule has 0 aliphatic heterocycles. The number of benzene rings is 9. The minimum atomic E-state index is 0.899. The predicted octanol–water partition coefficient (Wildman–Crippen LogP) is 13.7. The average molecular weight is 623 g/mol. The second-order valence-electron chi connectivity index (χ2n) is 12.9. The van der Waals surface area contributed by atoms with Crippen LogP contribution in [0.2, 0.25) is 0 Å². The molecule has 9 aromatic carbocycles. The normalized spacial score (nSPS) is 11.7. The van der Waals surface area contributed by atoms with Crippen LogP contribution in [0.25, 0.3) is 98.8 Å². The fourth-order valence-corrected chi connectivity index (χ4v) is 7.64. The molecule has 1 heterocycles. The highest BCUT2D eigenvalue weighted by Crippen LogP contribution is 2.41. The van der Waals surface area contributed by atoms with Crippen LogP contribution in [-0.4, -0.2) is 0 Å². The smallest absolute Gasteiger partial charge is 0.143 e. The van der Waals surface area contributed by atoms with Crippen LogP contribution in [0, 0.1) is 0 Å². The Bertz CT molecular complexity index is 2820. The highest BCUT2D eigenvalue weighted by Gasteiger charge is 2.15. The molecule has 1 aromatic heterocycles. The molecule has 0 bridgehead atoms. The molecule has 0 saturated carbocycles. The molecule has 0 radical (unpaired) electrons. The molecule has 0 unspecified atom stereocenters. The van der Waals surface area contributed by atoms with E-state index in [2.05, 4.69) is 182 Å². The summed E-state index contributed by atoms with van der Waals surface area (Å²) in [6.45, 7) is 0. The molecule has 0 aliphatic carbocycles. The fraction of sp³-hybridized carbons (Fsp3) is 0. The van der Waals surface area contributed by atoms with Crippen molar-refractivity contribution in [1.82, 2.24) is 0 Å². The van der Waals surface area contributed by atoms with E-state index in [0.29, 0.717) is 0 Å². The summed E-state index contributed by atoms with van der Waals surface area (Å²) in [5.74, 6) is 0. The zero-order valence-corrected chi connectivity index (χ0v) is 26.7. The minimum absolute atomic E-state index is 0.899. The molecule has 10 aromatic rings. The Morgan fingerprint density at radius 3 is 1.41 bits per heavy atom. The summed E-state index contributed by atoms with van der Waals surface area (Å²) in [6, 6.07) is 65.6. The van der Waals surface area contributed by atoms with Gasteiger partial charge in [-0.25, -0.2) is 0 Å². The molecular formula is C48H30O. The second kappa shape index (κ2) is 11.1. The summed E-state index contributed by atoms with van der Waals surface area (Å²) in [6.07, 6.45) is 0. The van der Waals surface area contributed by atoms with Gasteiger partial charge >= 0.3 is 0 Å². The highest BCUT2D eigenvalue weighted by atomic mass is 16.3. The number of para-hydroxylation sites is 1. The number of hydrogen-bond donors (Lipinski definition) is 0. The Hall–Kier alpha value is -6.44. The van der Waals surface area contributed by atoms with Gasteiger partial charge in [-0.2, -0.15) is 0 Å². The van der Waals surface area contributed by atoms with Crippen molar-refractivity contribution >= 4 is 54.3 Å². The van der Waals surface area contributed by atoms with Crippen molar-refractivity contribution in [2.45, 2.75) is 0 Å². The lowest BCUT2D eigenvalue weighted by atomic mass is 9.92. The monoisotopic (exact) mass is 622 g/mol. The molecule has 0 amide bonds. The summed E-state index contributed by atoms with van der Waals surface area (Å²) in [4.78, 5) is 0. The zero-order chi connectivity index (χ0) is 32.3. The third kappa shape index (κ3) is 4.55. The molecule has 0 N–H and O–H groups in total. The van der Waals surface area contributed by atoms with E-state index in [1.165, 1.54) is 65.7 Å². The maximum absolute atomic E-state index is 6.62. The van der Waals surface area contributed by atoms with Crippen LogP contribution in [0.3, 0.4) is 0 Å². The molecular weight excluding hydrogens is 593 g/mol. The van der Waals surface area contributed by atoms with Gasteiger partial charge in [0.05, 0.1) is 0 Å². The Morgan fingerprint density at radius 1 is 0.245 bits per heavy atom. The van der Waals surface area contributed by atoms with Crippen molar-refractivity contribution in [2.75, 3.05) is 0 Å². The van der Waals surface area contributed by atoms with Crippen LogP contribution in [0.1, 0.15) is 0 Å². The third-order valence-corrected chi connectivity index (χ3v) is 10.1. The van der Waals surface area contributed by atoms with Crippen LogP contribution in [0.5, 0.6) is 0 Å². The lowest BCUT2D eigenvalue weighted by Crippen LogP contribution is -1.85. The van der Waals surface area contributed by atoms with Crippen LogP contribution >= 0.6 is 0 Å². The molecule has 0 aliphatic rings. The fourth-order valence-electron chi connectivity index (χ4n) is 7.64. The first-order valence-corrected chi connectivity index (χ1v) is 16.8. The zero-order valence-electron chi connectivity index (χ0n) is 26.7. The van der Waals surface area contributed by atoms with Gasteiger partial charge < -0.3 is 4.42 Å². The molecule has 0 fully saturated rings. The van der Waals surface area contributed by atoms with Crippen LogP contribution in [0.15, 0.2) is 186 Å². The first-order valence-electron chi connectivity index (χ1n) is 16.8. The van der Waals surface area contributed by atoms with E-state index in [0.717, 1.165) is 33.1 Å². The predicted molar refractivity (Wildman–Crippen MR) is 208 cm³/mol. The van der Waals surface area contributed by atoms with E-state index in [9.17, 15) is 0 Å². The number of fused-ring (bicyclic) bond motifs is 9. The van der Waals surface area contributed by atoms with E-state index in [1.807, 2.05) is 0 Å². The van der Waals surface area contributed by atoms with Crippen LogP contribution in [-0.2, 0) is 0 Å².